The minimum atomic E-state index is -0.617. The van der Waals surface area contributed by atoms with Crippen LogP contribution in [-0.2, 0) is 42.9 Å². The smallest absolute Gasteiger partial charge is 0.333 e. The van der Waals surface area contributed by atoms with Gasteiger partial charge in [-0.15, -0.1) is 0 Å². The number of ether oxygens (including phenoxy) is 4. The second-order valence-electron chi connectivity index (χ2n) is 6.01. The molecule has 0 spiro atoms. The van der Waals surface area contributed by atoms with Crippen molar-refractivity contribution in [1.29, 1.82) is 0 Å². The maximum absolute atomic E-state index is 10.8. The Morgan fingerprint density at radius 1 is 0.806 bits per heavy atom. The SMILES string of the molecule is C=C(C)C(=O)OC.C=C(C)C(=O)OCCOC(=O)CC(C)=O.C=CC(=O)OCCCC. The molecule has 0 radical (unpaired) electrons. The molecule has 0 atom stereocenters. The van der Waals surface area contributed by atoms with Crippen molar-refractivity contribution in [2.75, 3.05) is 26.9 Å². The van der Waals surface area contributed by atoms with E-state index in [1.807, 2.05) is 6.92 Å². The van der Waals surface area contributed by atoms with Crippen LogP contribution in [0.2, 0.25) is 0 Å². The average Bonchev–Trinajstić information content (AvgIpc) is 2.70. The summed E-state index contributed by atoms with van der Waals surface area (Å²) in [5.74, 6) is -2.09. The Hall–Kier alpha value is -3.23. The van der Waals surface area contributed by atoms with E-state index in [9.17, 15) is 24.0 Å². The van der Waals surface area contributed by atoms with Gasteiger partial charge in [-0.2, -0.15) is 0 Å². The number of rotatable bonds is 11. The number of hydrogen-bond acceptors (Lipinski definition) is 9. The largest absolute Gasteiger partial charge is 0.466 e. The number of esters is 4. The van der Waals surface area contributed by atoms with Gasteiger partial charge in [-0.3, -0.25) is 9.59 Å². The Kier molecular flexibility index (Phi) is 22.5. The lowest BCUT2D eigenvalue weighted by Gasteiger charge is -2.05. The molecule has 0 heterocycles. The number of ketones is 1. The minimum absolute atomic E-state index is 0.0324. The maximum atomic E-state index is 10.8. The number of methoxy groups -OCH3 is 1. The van der Waals surface area contributed by atoms with Crippen LogP contribution in [0.4, 0.5) is 0 Å². The molecular formula is C22H34O9. The molecule has 0 unspecified atom stereocenters. The van der Waals surface area contributed by atoms with Crippen molar-refractivity contribution in [3.63, 3.8) is 0 Å². The zero-order valence-corrected chi connectivity index (χ0v) is 19.1. The van der Waals surface area contributed by atoms with E-state index in [1.165, 1.54) is 27.0 Å². The highest BCUT2D eigenvalue weighted by Gasteiger charge is 2.07. The summed E-state index contributed by atoms with van der Waals surface area (Å²) in [6.07, 6.45) is 2.90. The quantitative estimate of drug-likeness (QED) is 0.156. The molecule has 0 aliphatic carbocycles. The van der Waals surface area contributed by atoms with Crippen LogP contribution in [-0.4, -0.2) is 56.6 Å². The number of carbonyl (C=O) groups excluding carboxylic acids is 5. The number of unbranched alkanes of at least 4 members (excludes halogenated alkanes) is 1. The summed E-state index contributed by atoms with van der Waals surface area (Å²) < 4.78 is 18.2. The topological polar surface area (TPSA) is 122 Å². The number of carbonyl (C=O) groups is 5. The predicted octanol–water partition coefficient (Wildman–Crippen LogP) is 2.88. The third kappa shape index (κ3) is 26.8. The van der Waals surface area contributed by atoms with Crippen LogP contribution < -0.4 is 0 Å². The van der Waals surface area contributed by atoms with Crippen LogP contribution in [0.1, 0.15) is 47.0 Å². The summed E-state index contributed by atoms with van der Waals surface area (Å²) in [5.41, 5.74) is 0.715. The second kappa shape index (κ2) is 21.5. The zero-order chi connectivity index (χ0) is 24.8. The molecule has 0 rings (SSSR count). The Balaban J connectivity index is -0.000000417. The van der Waals surface area contributed by atoms with Crippen LogP contribution in [0.5, 0.6) is 0 Å². The van der Waals surface area contributed by atoms with Crippen molar-refractivity contribution in [2.24, 2.45) is 0 Å². The highest BCUT2D eigenvalue weighted by Crippen LogP contribution is 1.93. The fourth-order valence-electron chi connectivity index (χ4n) is 1.22. The van der Waals surface area contributed by atoms with Gasteiger partial charge in [0.15, 0.2) is 0 Å². The summed E-state index contributed by atoms with van der Waals surface area (Å²) in [4.78, 5) is 52.7. The molecule has 0 bridgehead atoms. The lowest BCUT2D eigenvalue weighted by Crippen LogP contribution is -2.15. The fourth-order valence-corrected chi connectivity index (χ4v) is 1.22. The van der Waals surface area contributed by atoms with E-state index in [0.29, 0.717) is 12.2 Å². The maximum Gasteiger partial charge on any atom is 0.333 e. The molecule has 9 nitrogen and oxygen atoms in total. The second-order valence-corrected chi connectivity index (χ2v) is 6.01. The highest BCUT2D eigenvalue weighted by molar-refractivity contribution is 5.94. The van der Waals surface area contributed by atoms with Gasteiger partial charge in [0.2, 0.25) is 0 Å². The fraction of sp³-hybridized carbons (Fsp3) is 0.500. The molecule has 0 aliphatic rings. The molecule has 0 fully saturated rings. The molecule has 0 aliphatic heterocycles. The number of hydrogen-bond donors (Lipinski definition) is 0. The van der Waals surface area contributed by atoms with Crippen LogP contribution in [0.25, 0.3) is 0 Å². The average molecular weight is 443 g/mol. The third-order valence-electron chi connectivity index (χ3n) is 2.76. The van der Waals surface area contributed by atoms with Crippen molar-refractivity contribution >= 4 is 29.7 Å². The van der Waals surface area contributed by atoms with E-state index in [0.717, 1.165) is 12.8 Å². The Morgan fingerprint density at radius 3 is 1.68 bits per heavy atom. The first-order valence-corrected chi connectivity index (χ1v) is 9.43. The zero-order valence-electron chi connectivity index (χ0n) is 19.1. The molecule has 0 amide bonds. The van der Waals surface area contributed by atoms with Gasteiger partial charge in [0, 0.05) is 17.2 Å². The van der Waals surface area contributed by atoms with E-state index in [-0.39, 0.29) is 42.9 Å². The standard InChI is InChI=1S/C10H14O5.C7H12O2.C5H8O2/c1-7(2)10(13)15-5-4-14-9(12)6-8(3)11;1-3-5-6-9-7(8)4-2;1-4(2)5(6)7-3/h1,4-6H2,2-3H3;4H,2-3,5-6H2,1H3;1H2,2-3H3. The molecule has 31 heavy (non-hydrogen) atoms. The molecule has 0 N–H and O–H groups in total. The first kappa shape index (κ1) is 32.4. The Morgan fingerprint density at radius 2 is 1.32 bits per heavy atom. The van der Waals surface area contributed by atoms with Gasteiger partial charge in [-0.1, -0.05) is 33.1 Å². The summed E-state index contributed by atoms with van der Waals surface area (Å²) in [6, 6.07) is 0. The van der Waals surface area contributed by atoms with E-state index in [1.54, 1.807) is 6.92 Å². The molecule has 176 valence electrons. The first-order chi connectivity index (χ1) is 14.4. The van der Waals surface area contributed by atoms with E-state index in [4.69, 9.17) is 0 Å². The molecule has 0 saturated heterocycles. The normalized spacial score (nSPS) is 8.68. The lowest BCUT2D eigenvalue weighted by molar-refractivity contribution is -0.151. The lowest BCUT2D eigenvalue weighted by atomic mass is 10.3. The molecule has 0 aromatic carbocycles. The van der Waals surface area contributed by atoms with Crippen LogP contribution >= 0.6 is 0 Å². The van der Waals surface area contributed by atoms with Gasteiger partial charge >= 0.3 is 23.9 Å². The third-order valence-corrected chi connectivity index (χ3v) is 2.76. The highest BCUT2D eigenvalue weighted by atomic mass is 16.6. The summed E-state index contributed by atoms with van der Waals surface area (Å²) >= 11 is 0. The van der Waals surface area contributed by atoms with Gasteiger partial charge in [-0.25, -0.2) is 14.4 Å². The molecule has 0 aromatic rings. The molecule has 0 aromatic heterocycles. The Labute approximate surface area is 184 Å². The van der Waals surface area contributed by atoms with Crippen molar-refractivity contribution in [1.82, 2.24) is 0 Å². The summed E-state index contributed by atoms with van der Waals surface area (Å²) in [7, 11) is 1.33. The van der Waals surface area contributed by atoms with Crippen LogP contribution in [0, 0.1) is 0 Å². The molecular weight excluding hydrogens is 408 g/mol. The van der Waals surface area contributed by atoms with Gasteiger partial charge in [0.05, 0.1) is 13.7 Å². The molecule has 0 saturated carbocycles. The predicted molar refractivity (Wildman–Crippen MR) is 115 cm³/mol. The van der Waals surface area contributed by atoms with E-state index < -0.39 is 11.9 Å². The van der Waals surface area contributed by atoms with Gasteiger partial charge in [0.25, 0.3) is 0 Å². The van der Waals surface area contributed by atoms with Crippen LogP contribution in [0.15, 0.2) is 37.0 Å². The van der Waals surface area contributed by atoms with E-state index >= 15 is 0 Å². The minimum Gasteiger partial charge on any atom is -0.466 e. The monoisotopic (exact) mass is 442 g/mol. The first-order valence-electron chi connectivity index (χ1n) is 9.43. The van der Waals surface area contributed by atoms with Gasteiger partial charge in [0.1, 0.15) is 25.4 Å². The van der Waals surface area contributed by atoms with Crippen LogP contribution in [0.3, 0.4) is 0 Å². The summed E-state index contributed by atoms with van der Waals surface area (Å²) in [6.45, 7) is 16.9. The Bertz CT molecular complexity index is 633. The van der Waals surface area contributed by atoms with Gasteiger partial charge in [-0.05, 0) is 27.2 Å². The molecule has 9 heteroatoms. The van der Waals surface area contributed by atoms with Crippen molar-refractivity contribution in [3.8, 4) is 0 Å². The van der Waals surface area contributed by atoms with Gasteiger partial charge < -0.3 is 18.9 Å². The summed E-state index contributed by atoms with van der Waals surface area (Å²) in [5, 5.41) is 0. The van der Waals surface area contributed by atoms with Crippen molar-refractivity contribution in [3.05, 3.63) is 37.0 Å². The number of Topliss-reactive ketones (excluding diaryl/α,β-unsaturated/α-hetero) is 1. The van der Waals surface area contributed by atoms with Crippen molar-refractivity contribution in [2.45, 2.75) is 47.0 Å². The van der Waals surface area contributed by atoms with E-state index in [2.05, 4.69) is 38.7 Å². The van der Waals surface area contributed by atoms with Crippen molar-refractivity contribution < 1.29 is 42.9 Å².